The van der Waals surface area contributed by atoms with Crippen LogP contribution in [0.1, 0.15) is 18.4 Å². The van der Waals surface area contributed by atoms with Crippen LogP contribution >= 0.6 is 11.8 Å². The molecule has 0 unspecified atom stereocenters. The van der Waals surface area contributed by atoms with Crippen LogP contribution in [-0.4, -0.2) is 31.5 Å². The molecule has 2 aromatic heterocycles. The fourth-order valence-corrected chi connectivity index (χ4v) is 4.35. The first-order valence-corrected chi connectivity index (χ1v) is 12.0. The molecule has 5 rings (SSSR count). The van der Waals surface area contributed by atoms with Crippen LogP contribution in [0.3, 0.4) is 0 Å². The maximum Gasteiger partial charge on any atom is 0.237 e. The molecule has 0 radical (unpaired) electrons. The van der Waals surface area contributed by atoms with Gasteiger partial charge in [-0.05, 0) is 55.8 Å². The van der Waals surface area contributed by atoms with Gasteiger partial charge in [-0.25, -0.2) is 0 Å². The largest absolute Gasteiger partial charge is 0.494 e. The first-order valence-electron chi connectivity index (χ1n) is 11.0. The Morgan fingerprint density at radius 2 is 1.74 bits per heavy atom. The van der Waals surface area contributed by atoms with E-state index in [1.165, 1.54) is 11.8 Å². The Balaban J connectivity index is 1.40. The third-order valence-electron chi connectivity index (χ3n) is 5.14. The van der Waals surface area contributed by atoms with Gasteiger partial charge >= 0.3 is 0 Å². The molecular formula is C26H23N5O2S. The van der Waals surface area contributed by atoms with Crippen LogP contribution in [0.25, 0.3) is 28.5 Å². The molecule has 0 N–H and O–H groups in total. The maximum atomic E-state index is 5.50. The van der Waals surface area contributed by atoms with Crippen LogP contribution in [0, 0.1) is 6.92 Å². The fraction of sp³-hybridized carbons (Fsp3) is 0.154. The van der Waals surface area contributed by atoms with Crippen molar-refractivity contribution in [2.75, 3.05) is 6.61 Å². The number of ether oxygens (including phenoxy) is 1. The van der Waals surface area contributed by atoms with Crippen molar-refractivity contribution >= 4 is 11.8 Å². The topological polar surface area (TPSA) is 78.9 Å². The van der Waals surface area contributed by atoms with Gasteiger partial charge in [0, 0.05) is 16.8 Å². The molecule has 8 heteroatoms. The Kier molecular flexibility index (Phi) is 6.40. The molecule has 170 valence electrons. The number of nitrogens with zero attached hydrogens (tertiary/aromatic N) is 5. The van der Waals surface area contributed by atoms with Gasteiger partial charge in [0.2, 0.25) is 11.7 Å². The summed E-state index contributed by atoms with van der Waals surface area (Å²) in [6.45, 7) is 4.66. The van der Waals surface area contributed by atoms with Crippen molar-refractivity contribution in [2.45, 2.75) is 24.8 Å². The lowest BCUT2D eigenvalue weighted by Crippen LogP contribution is -2.00. The monoisotopic (exact) mass is 469 g/mol. The Labute approximate surface area is 201 Å². The summed E-state index contributed by atoms with van der Waals surface area (Å²) in [7, 11) is 0. The van der Waals surface area contributed by atoms with Crippen molar-refractivity contribution in [2.24, 2.45) is 0 Å². The summed E-state index contributed by atoms with van der Waals surface area (Å²) in [6, 6.07) is 26.0. The van der Waals surface area contributed by atoms with Gasteiger partial charge in [0.25, 0.3) is 0 Å². The van der Waals surface area contributed by atoms with E-state index in [9.17, 15) is 0 Å². The number of hydrogen-bond donors (Lipinski definition) is 0. The van der Waals surface area contributed by atoms with Gasteiger partial charge in [0.15, 0.2) is 11.0 Å². The van der Waals surface area contributed by atoms with E-state index in [2.05, 4.69) is 50.0 Å². The molecule has 0 aliphatic carbocycles. The smallest absolute Gasteiger partial charge is 0.237 e. The second kappa shape index (κ2) is 9.93. The zero-order valence-electron chi connectivity index (χ0n) is 18.9. The lowest BCUT2D eigenvalue weighted by Gasteiger charge is -2.10. The number of rotatable bonds is 8. The number of aryl methyl sites for hydroxylation is 1. The van der Waals surface area contributed by atoms with E-state index in [0.717, 1.165) is 39.1 Å². The number of benzene rings is 3. The lowest BCUT2D eigenvalue weighted by atomic mass is 10.2. The molecule has 34 heavy (non-hydrogen) atoms. The van der Waals surface area contributed by atoms with Crippen LogP contribution in [0.2, 0.25) is 0 Å². The van der Waals surface area contributed by atoms with Crippen molar-refractivity contribution in [1.82, 2.24) is 24.9 Å². The Morgan fingerprint density at radius 1 is 0.912 bits per heavy atom. The van der Waals surface area contributed by atoms with E-state index in [1.807, 2.05) is 67.6 Å². The van der Waals surface area contributed by atoms with Crippen LogP contribution in [-0.2, 0) is 5.75 Å². The second-order valence-electron chi connectivity index (χ2n) is 7.60. The summed E-state index contributed by atoms with van der Waals surface area (Å²) in [4.78, 5) is 4.56. The standard InChI is InChI=1S/C26H23N5O2S/c1-3-32-22-14-12-19(13-15-22)24-27-23(33-30-24)17-34-26-29-28-25(20-9-5-4-6-10-20)31(26)21-11-7-8-18(2)16-21/h4-16H,3,17H2,1-2H3. The Morgan fingerprint density at radius 3 is 2.50 bits per heavy atom. The molecule has 5 aromatic rings. The van der Waals surface area contributed by atoms with Crippen molar-refractivity contribution in [3.63, 3.8) is 0 Å². The van der Waals surface area contributed by atoms with Crippen LogP contribution in [0.15, 0.2) is 88.5 Å². The average Bonchev–Trinajstić information content (AvgIpc) is 3.51. The highest BCUT2D eigenvalue weighted by atomic mass is 32.2. The molecule has 0 saturated heterocycles. The molecule has 7 nitrogen and oxygen atoms in total. The summed E-state index contributed by atoms with van der Waals surface area (Å²) in [5.41, 5.74) is 4.04. The van der Waals surface area contributed by atoms with Gasteiger partial charge in [-0.15, -0.1) is 10.2 Å². The zero-order chi connectivity index (χ0) is 23.3. The number of aromatic nitrogens is 5. The molecule has 2 heterocycles. The molecule has 0 amide bonds. The number of thioether (sulfide) groups is 1. The van der Waals surface area contributed by atoms with Crippen molar-refractivity contribution < 1.29 is 9.26 Å². The minimum absolute atomic E-state index is 0.475. The Bertz CT molecular complexity index is 1380. The Hall–Kier alpha value is -3.91. The van der Waals surface area contributed by atoms with Gasteiger partial charge in [-0.3, -0.25) is 4.57 Å². The molecule has 0 fully saturated rings. The molecular weight excluding hydrogens is 446 g/mol. The summed E-state index contributed by atoms with van der Waals surface area (Å²) in [5.74, 6) is 3.14. The van der Waals surface area contributed by atoms with E-state index >= 15 is 0 Å². The van der Waals surface area contributed by atoms with E-state index < -0.39 is 0 Å². The fourth-order valence-electron chi connectivity index (χ4n) is 3.56. The molecule has 0 spiro atoms. The normalized spacial score (nSPS) is 11.0. The average molecular weight is 470 g/mol. The molecule has 0 aliphatic rings. The minimum Gasteiger partial charge on any atom is -0.494 e. The van der Waals surface area contributed by atoms with Gasteiger partial charge in [0.1, 0.15) is 5.75 Å². The first-order chi connectivity index (χ1) is 16.7. The number of hydrogen-bond acceptors (Lipinski definition) is 7. The van der Waals surface area contributed by atoms with Gasteiger partial charge in [-0.1, -0.05) is 59.4 Å². The minimum atomic E-state index is 0.475. The predicted octanol–water partition coefficient (Wildman–Crippen LogP) is 5.98. The van der Waals surface area contributed by atoms with Crippen LogP contribution in [0.5, 0.6) is 5.75 Å². The van der Waals surface area contributed by atoms with E-state index in [0.29, 0.717) is 24.1 Å². The first kappa shape index (κ1) is 21.9. The molecule has 0 saturated carbocycles. The molecule has 3 aromatic carbocycles. The van der Waals surface area contributed by atoms with E-state index in [4.69, 9.17) is 9.26 Å². The highest BCUT2D eigenvalue weighted by Crippen LogP contribution is 2.30. The van der Waals surface area contributed by atoms with Gasteiger partial charge < -0.3 is 9.26 Å². The molecule has 0 aliphatic heterocycles. The lowest BCUT2D eigenvalue weighted by molar-refractivity contribution is 0.340. The highest BCUT2D eigenvalue weighted by molar-refractivity contribution is 7.98. The predicted molar refractivity (Wildman–Crippen MR) is 132 cm³/mol. The summed E-state index contributed by atoms with van der Waals surface area (Å²) >= 11 is 1.51. The third-order valence-corrected chi connectivity index (χ3v) is 6.06. The summed E-state index contributed by atoms with van der Waals surface area (Å²) in [5, 5.41) is 13.9. The second-order valence-corrected chi connectivity index (χ2v) is 8.55. The third kappa shape index (κ3) is 4.72. The molecule has 0 bridgehead atoms. The van der Waals surface area contributed by atoms with Gasteiger partial charge in [0.05, 0.1) is 12.4 Å². The van der Waals surface area contributed by atoms with Gasteiger partial charge in [-0.2, -0.15) is 4.98 Å². The quantitative estimate of drug-likeness (QED) is 0.259. The zero-order valence-corrected chi connectivity index (χ0v) is 19.7. The highest BCUT2D eigenvalue weighted by Gasteiger charge is 2.18. The van der Waals surface area contributed by atoms with Crippen LogP contribution in [0.4, 0.5) is 0 Å². The van der Waals surface area contributed by atoms with Crippen molar-refractivity contribution in [3.05, 3.63) is 90.3 Å². The summed E-state index contributed by atoms with van der Waals surface area (Å²) < 4.78 is 13.1. The van der Waals surface area contributed by atoms with Crippen LogP contribution < -0.4 is 4.74 Å². The van der Waals surface area contributed by atoms with Crippen molar-refractivity contribution in [3.8, 4) is 34.2 Å². The van der Waals surface area contributed by atoms with Crippen molar-refractivity contribution in [1.29, 1.82) is 0 Å². The molecule has 0 atom stereocenters. The van der Waals surface area contributed by atoms with E-state index in [-0.39, 0.29) is 0 Å². The summed E-state index contributed by atoms with van der Waals surface area (Å²) in [6.07, 6.45) is 0. The maximum absolute atomic E-state index is 5.50. The SMILES string of the molecule is CCOc1ccc(-c2noc(CSc3nnc(-c4ccccc4)n3-c3cccc(C)c3)n2)cc1. The van der Waals surface area contributed by atoms with E-state index in [1.54, 1.807) is 0 Å².